The Balaban J connectivity index is 1.81. The Morgan fingerprint density at radius 1 is 1.23 bits per heavy atom. The van der Waals surface area contributed by atoms with E-state index in [0.717, 1.165) is 17.1 Å². The average Bonchev–Trinajstić information content (AvgIpc) is 2.69. The predicted octanol–water partition coefficient (Wildman–Crippen LogP) is 4.34. The van der Waals surface area contributed by atoms with Gasteiger partial charge >= 0.3 is 5.97 Å². The number of anilines is 1. The summed E-state index contributed by atoms with van der Waals surface area (Å²) in [7, 11) is 0. The number of piperidine rings is 1. The number of phenolic OH excluding ortho intramolecular Hbond substituents is 1. The van der Waals surface area contributed by atoms with Crippen LogP contribution in [0.5, 0.6) is 5.75 Å². The third-order valence-corrected chi connectivity index (χ3v) is 5.22. The molecule has 1 aliphatic rings. The molecule has 6 nitrogen and oxygen atoms in total. The molecule has 2 heterocycles. The number of hydrogen-bond acceptors (Lipinski definition) is 6. The van der Waals surface area contributed by atoms with Gasteiger partial charge < -0.3 is 19.5 Å². The molecule has 0 unspecified atom stereocenters. The maximum Gasteiger partial charge on any atom is 0.312 e. The quantitative estimate of drug-likeness (QED) is 0.737. The van der Waals surface area contributed by atoms with Crippen molar-refractivity contribution in [1.29, 1.82) is 0 Å². The minimum Gasteiger partial charge on any atom is -0.507 e. The van der Waals surface area contributed by atoms with Gasteiger partial charge in [-0.2, -0.15) is 0 Å². The zero-order valence-corrected chi connectivity index (χ0v) is 18.5. The van der Waals surface area contributed by atoms with Gasteiger partial charge in [-0.15, -0.1) is 0 Å². The number of aromatic nitrogens is 1. The lowest BCUT2D eigenvalue weighted by Gasteiger charge is -2.38. The van der Waals surface area contributed by atoms with Crippen molar-refractivity contribution in [3.8, 4) is 17.0 Å². The number of nitrogens with zero attached hydrogens (tertiary/aromatic N) is 2. The van der Waals surface area contributed by atoms with Gasteiger partial charge in [0.2, 0.25) is 0 Å². The molecule has 1 fully saturated rings. The number of esters is 1. The van der Waals surface area contributed by atoms with E-state index in [9.17, 15) is 9.90 Å². The normalized spacial score (nSPS) is 19.6. The van der Waals surface area contributed by atoms with Gasteiger partial charge in [0, 0.05) is 25.3 Å². The lowest BCUT2D eigenvalue weighted by molar-refractivity contribution is -0.166. The Morgan fingerprint density at radius 2 is 1.97 bits per heavy atom. The summed E-state index contributed by atoms with van der Waals surface area (Å²) >= 11 is 0. The Hall–Kier alpha value is -2.60. The van der Waals surface area contributed by atoms with Gasteiger partial charge in [-0.3, -0.25) is 4.79 Å². The highest BCUT2D eigenvalue weighted by Crippen LogP contribution is 2.33. The molecule has 1 saturated heterocycles. The second-order valence-corrected chi connectivity index (χ2v) is 8.72. The number of aromatic hydroxyl groups is 1. The van der Waals surface area contributed by atoms with Crippen LogP contribution in [-0.2, 0) is 14.3 Å². The van der Waals surface area contributed by atoms with Crippen LogP contribution in [0.2, 0.25) is 0 Å². The monoisotopic (exact) mass is 412 g/mol. The SMILES string of the molecule is CCO[C@@H]1CN(c2cccc(-c3cccc(C)c3O)n2)CC[C@@H]1C(=O)OC(C)(C)C. The van der Waals surface area contributed by atoms with E-state index < -0.39 is 5.60 Å². The molecule has 1 N–H and O–H groups in total. The van der Waals surface area contributed by atoms with Crippen molar-refractivity contribution >= 4 is 11.8 Å². The first kappa shape index (κ1) is 22.1. The molecule has 2 atom stereocenters. The highest BCUT2D eigenvalue weighted by Gasteiger charge is 2.37. The van der Waals surface area contributed by atoms with Crippen LogP contribution in [0, 0.1) is 12.8 Å². The smallest absolute Gasteiger partial charge is 0.312 e. The Morgan fingerprint density at radius 3 is 2.67 bits per heavy atom. The van der Waals surface area contributed by atoms with Gasteiger partial charge in [0.1, 0.15) is 17.2 Å². The fourth-order valence-electron chi connectivity index (χ4n) is 3.77. The first-order valence-corrected chi connectivity index (χ1v) is 10.5. The van der Waals surface area contributed by atoms with Crippen LogP contribution < -0.4 is 4.90 Å². The van der Waals surface area contributed by atoms with E-state index in [4.69, 9.17) is 14.5 Å². The molecular formula is C24H32N2O4. The summed E-state index contributed by atoms with van der Waals surface area (Å²) in [5.74, 6) is 0.565. The minimum absolute atomic E-state index is 0.202. The van der Waals surface area contributed by atoms with Crippen molar-refractivity contribution in [2.24, 2.45) is 5.92 Å². The Kier molecular flexibility index (Phi) is 6.66. The molecule has 0 bridgehead atoms. The summed E-state index contributed by atoms with van der Waals surface area (Å²) in [6.07, 6.45) is 0.387. The van der Waals surface area contributed by atoms with Crippen molar-refractivity contribution in [2.75, 3.05) is 24.6 Å². The molecule has 0 aliphatic carbocycles. The summed E-state index contributed by atoms with van der Waals surface area (Å²) in [5, 5.41) is 10.4. The van der Waals surface area contributed by atoms with E-state index in [0.29, 0.717) is 31.7 Å². The van der Waals surface area contributed by atoms with E-state index in [1.54, 1.807) is 0 Å². The fourth-order valence-corrected chi connectivity index (χ4v) is 3.77. The number of para-hydroxylation sites is 1. The number of phenols is 1. The number of benzene rings is 1. The van der Waals surface area contributed by atoms with Crippen LogP contribution in [-0.4, -0.2) is 47.5 Å². The zero-order valence-electron chi connectivity index (χ0n) is 18.5. The molecule has 0 radical (unpaired) electrons. The third-order valence-electron chi connectivity index (χ3n) is 5.22. The zero-order chi connectivity index (χ0) is 21.9. The van der Waals surface area contributed by atoms with E-state index in [1.165, 1.54) is 0 Å². The molecular weight excluding hydrogens is 380 g/mol. The summed E-state index contributed by atoms with van der Waals surface area (Å²) in [6, 6.07) is 11.4. The van der Waals surface area contributed by atoms with Crippen molar-refractivity contribution in [2.45, 2.75) is 52.7 Å². The average molecular weight is 413 g/mol. The number of rotatable bonds is 5. The summed E-state index contributed by atoms with van der Waals surface area (Å²) in [5.41, 5.74) is 1.73. The van der Waals surface area contributed by atoms with Gasteiger partial charge in [0.25, 0.3) is 0 Å². The number of carbonyl (C=O) groups is 1. The molecule has 1 aliphatic heterocycles. The largest absolute Gasteiger partial charge is 0.507 e. The Bertz CT molecular complexity index is 891. The summed E-state index contributed by atoms with van der Waals surface area (Å²) in [4.78, 5) is 19.6. The predicted molar refractivity (Wildman–Crippen MR) is 118 cm³/mol. The molecule has 2 aromatic rings. The molecule has 0 spiro atoms. The van der Waals surface area contributed by atoms with Gasteiger partial charge in [-0.05, 0) is 64.8 Å². The number of aryl methyl sites for hydroxylation is 1. The lowest BCUT2D eigenvalue weighted by Crippen LogP contribution is -2.49. The second kappa shape index (κ2) is 9.04. The molecule has 6 heteroatoms. The van der Waals surface area contributed by atoms with Crippen LogP contribution in [0.15, 0.2) is 36.4 Å². The van der Waals surface area contributed by atoms with Crippen molar-refractivity contribution in [3.63, 3.8) is 0 Å². The van der Waals surface area contributed by atoms with Crippen molar-refractivity contribution in [1.82, 2.24) is 4.98 Å². The summed E-state index contributed by atoms with van der Waals surface area (Å²) in [6.45, 7) is 11.2. The van der Waals surface area contributed by atoms with Gasteiger partial charge in [0.05, 0.1) is 17.7 Å². The number of pyridine rings is 1. The van der Waals surface area contributed by atoms with Crippen LogP contribution in [0.1, 0.15) is 39.7 Å². The molecule has 162 valence electrons. The van der Waals surface area contributed by atoms with Gasteiger partial charge in [0.15, 0.2) is 0 Å². The molecule has 1 aromatic carbocycles. The Labute approximate surface area is 178 Å². The summed E-state index contributed by atoms with van der Waals surface area (Å²) < 4.78 is 11.5. The van der Waals surface area contributed by atoms with Gasteiger partial charge in [-0.25, -0.2) is 4.98 Å². The minimum atomic E-state index is -0.517. The van der Waals surface area contributed by atoms with Crippen LogP contribution >= 0.6 is 0 Å². The van der Waals surface area contributed by atoms with Crippen LogP contribution in [0.3, 0.4) is 0 Å². The van der Waals surface area contributed by atoms with Crippen LogP contribution in [0.25, 0.3) is 11.3 Å². The topological polar surface area (TPSA) is 71.9 Å². The first-order chi connectivity index (χ1) is 14.2. The van der Waals surface area contributed by atoms with E-state index in [1.807, 2.05) is 71.0 Å². The van der Waals surface area contributed by atoms with Crippen molar-refractivity contribution in [3.05, 3.63) is 42.0 Å². The molecule has 1 aromatic heterocycles. The maximum atomic E-state index is 12.7. The maximum absolute atomic E-state index is 12.7. The van der Waals surface area contributed by atoms with Crippen molar-refractivity contribution < 1.29 is 19.4 Å². The number of hydrogen-bond donors (Lipinski definition) is 1. The van der Waals surface area contributed by atoms with Crippen LogP contribution in [0.4, 0.5) is 5.82 Å². The first-order valence-electron chi connectivity index (χ1n) is 10.5. The van der Waals surface area contributed by atoms with E-state index >= 15 is 0 Å². The molecule has 0 saturated carbocycles. The molecule has 0 amide bonds. The highest BCUT2D eigenvalue weighted by atomic mass is 16.6. The molecule has 30 heavy (non-hydrogen) atoms. The third kappa shape index (κ3) is 5.11. The molecule has 3 rings (SSSR count). The number of carbonyl (C=O) groups excluding carboxylic acids is 1. The standard InChI is InChI=1S/C24H32N2O4/c1-6-29-20-15-26(14-13-18(20)23(28)30-24(3,4)5)21-12-8-11-19(25-21)17-10-7-9-16(2)22(17)27/h7-12,18,20,27H,6,13-15H2,1-5H3/t18-,20+/m0/s1. The van der Waals surface area contributed by atoms with Gasteiger partial charge in [-0.1, -0.05) is 18.2 Å². The lowest BCUT2D eigenvalue weighted by atomic mass is 9.93. The second-order valence-electron chi connectivity index (χ2n) is 8.72. The fraction of sp³-hybridized carbons (Fsp3) is 0.500. The van der Waals surface area contributed by atoms with E-state index in [-0.39, 0.29) is 23.7 Å². The highest BCUT2D eigenvalue weighted by molar-refractivity contribution is 5.74. The van der Waals surface area contributed by atoms with E-state index in [2.05, 4.69) is 4.90 Å². The number of ether oxygens (including phenoxy) is 2.